The number of aliphatic hydroxyl groups is 1. The summed E-state index contributed by atoms with van der Waals surface area (Å²) in [6.07, 6.45) is 1.69. The SMILES string of the molecule is N#CC(CN1CCC[C@H](O)C1)c1ccccc1. The molecule has 0 spiro atoms. The van der Waals surface area contributed by atoms with E-state index in [1.165, 1.54) is 0 Å². The van der Waals surface area contributed by atoms with Crippen molar-refractivity contribution in [3.63, 3.8) is 0 Å². The molecule has 0 bridgehead atoms. The molecule has 0 amide bonds. The lowest BCUT2D eigenvalue weighted by Gasteiger charge is -2.31. The molecule has 0 aromatic heterocycles. The fraction of sp³-hybridized carbons (Fsp3) is 0.500. The lowest BCUT2D eigenvalue weighted by molar-refractivity contribution is 0.0697. The van der Waals surface area contributed by atoms with Gasteiger partial charge in [0.2, 0.25) is 0 Å². The number of β-amino-alcohol motifs (C(OH)–C–C–N with tert-alkyl or cyclic N) is 1. The van der Waals surface area contributed by atoms with Gasteiger partial charge in [-0.1, -0.05) is 30.3 Å². The van der Waals surface area contributed by atoms with Gasteiger partial charge in [0.15, 0.2) is 0 Å². The van der Waals surface area contributed by atoms with Gasteiger partial charge in [0.05, 0.1) is 18.1 Å². The zero-order chi connectivity index (χ0) is 12.1. The number of nitriles is 1. The van der Waals surface area contributed by atoms with Gasteiger partial charge in [0.1, 0.15) is 0 Å². The number of piperidine rings is 1. The average molecular weight is 230 g/mol. The van der Waals surface area contributed by atoms with E-state index in [4.69, 9.17) is 0 Å². The number of hydrogen-bond donors (Lipinski definition) is 1. The Morgan fingerprint density at radius 3 is 2.82 bits per heavy atom. The highest BCUT2D eigenvalue weighted by atomic mass is 16.3. The van der Waals surface area contributed by atoms with E-state index in [0.29, 0.717) is 6.54 Å². The standard InChI is InChI=1S/C14H18N2O/c15-9-13(12-5-2-1-3-6-12)10-16-8-4-7-14(17)11-16/h1-3,5-6,13-14,17H,4,7-8,10-11H2/t13?,14-/m0/s1. The summed E-state index contributed by atoms with van der Waals surface area (Å²) < 4.78 is 0. The molecule has 90 valence electrons. The molecule has 0 saturated carbocycles. The maximum atomic E-state index is 9.61. The van der Waals surface area contributed by atoms with E-state index in [1.807, 2.05) is 30.3 Å². The molecule has 17 heavy (non-hydrogen) atoms. The smallest absolute Gasteiger partial charge is 0.0839 e. The number of aliphatic hydroxyl groups excluding tert-OH is 1. The molecule has 0 radical (unpaired) electrons. The summed E-state index contributed by atoms with van der Waals surface area (Å²) >= 11 is 0. The van der Waals surface area contributed by atoms with Crippen LogP contribution < -0.4 is 0 Å². The Balaban J connectivity index is 1.99. The van der Waals surface area contributed by atoms with Crippen molar-refractivity contribution in [3.05, 3.63) is 35.9 Å². The van der Waals surface area contributed by atoms with E-state index in [0.717, 1.165) is 31.5 Å². The van der Waals surface area contributed by atoms with Crippen LogP contribution in [0.3, 0.4) is 0 Å². The van der Waals surface area contributed by atoms with Crippen LogP contribution in [0.25, 0.3) is 0 Å². The molecule has 1 aliphatic rings. The predicted octanol–water partition coefficient (Wildman–Crippen LogP) is 1.75. The molecular weight excluding hydrogens is 212 g/mol. The number of benzene rings is 1. The van der Waals surface area contributed by atoms with Crippen molar-refractivity contribution < 1.29 is 5.11 Å². The second kappa shape index (κ2) is 5.81. The Kier molecular flexibility index (Phi) is 4.13. The predicted molar refractivity (Wildman–Crippen MR) is 66.5 cm³/mol. The summed E-state index contributed by atoms with van der Waals surface area (Å²) in [4.78, 5) is 2.19. The van der Waals surface area contributed by atoms with E-state index < -0.39 is 0 Å². The van der Waals surface area contributed by atoms with Crippen LogP contribution in [0.4, 0.5) is 0 Å². The topological polar surface area (TPSA) is 47.3 Å². The third-order valence-corrected chi connectivity index (χ3v) is 3.28. The van der Waals surface area contributed by atoms with E-state index >= 15 is 0 Å². The van der Waals surface area contributed by atoms with Gasteiger partial charge in [-0.05, 0) is 24.9 Å². The lowest BCUT2D eigenvalue weighted by atomic mass is 9.98. The fourth-order valence-corrected chi connectivity index (χ4v) is 2.36. The summed E-state index contributed by atoms with van der Waals surface area (Å²) in [6, 6.07) is 12.2. The number of rotatable bonds is 3. The van der Waals surface area contributed by atoms with Crippen LogP contribution in [-0.2, 0) is 0 Å². The molecule has 3 heteroatoms. The van der Waals surface area contributed by atoms with Gasteiger partial charge < -0.3 is 5.11 Å². The molecule has 1 aromatic carbocycles. The summed E-state index contributed by atoms with van der Waals surface area (Å²) in [6.45, 7) is 2.41. The van der Waals surface area contributed by atoms with E-state index in [-0.39, 0.29) is 12.0 Å². The summed E-state index contributed by atoms with van der Waals surface area (Å²) in [5, 5.41) is 18.8. The highest BCUT2D eigenvalue weighted by molar-refractivity contribution is 5.25. The third-order valence-electron chi connectivity index (χ3n) is 3.28. The Morgan fingerprint density at radius 2 is 2.18 bits per heavy atom. The molecule has 1 aliphatic heterocycles. The molecule has 1 unspecified atom stereocenters. The van der Waals surface area contributed by atoms with Crippen molar-refractivity contribution in [1.82, 2.24) is 4.90 Å². The molecule has 3 nitrogen and oxygen atoms in total. The van der Waals surface area contributed by atoms with Gasteiger partial charge in [-0.3, -0.25) is 4.90 Å². The second-order valence-corrected chi connectivity index (χ2v) is 4.65. The van der Waals surface area contributed by atoms with Crippen LogP contribution in [0.2, 0.25) is 0 Å². The molecule has 2 rings (SSSR count). The molecule has 1 saturated heterocycles. The molecule has 1 heterocycles. The second-order valence-electron chi connectivity index (χ2n) is 4.65. The summed E-state index contributed by atoms with van der Waals surface area (Å²) in [5.74, 6) is -0.0958. The molecule has 1 N–H and O–H groups in total. The van der Waals surface area contributed by atoms with Gasteiger partial charge in [-0.15, -0.1) is 0 Å². The average Bonchev–Trinajstić information content (AvgIpc) is 2.37. The van der Waals surface area contributed by atoms with Crippen molar-refractivity contribution in [3.8, 4) is 6.07 Å². The largest absolute Gasteiger partial charge is 0.392 e. The van der Waals surface area contributed by atoms with Crippen LogP contribution in [0.15, 0.2) is 30.3 Å². The van der Waals surface area contributed by atoms with Gasteiger partial charge in [0.25, 0.3) is 0 Å². The molecular formula is C14H18N2O. The lowest BCUT2D eigenvalue weighted by Crippen LogP contribution is -2.40. The van der Waals surface area contributed by atoms with Crippen molar-refractivity contribution in [1.29, 1.82) is 5.26 Å². The molecule has 2 atom stereocenters. The van der Waals surface area contributed by atoms with Crippen molar-refractivity contribution >= 4 is 0 Å². The number of nitrogens with zero attached hydrogens (tertiary/aromatic N) is 2. The Bertz CT molecular complexity index is 385. The first-order valence-corrected chi connectivity index (χ1v) is 6.14. The first-order chi connectivity index (χ1) is 8.29. The van der Waals surface area contributed by atoms with Crippen LogP contribution >= 0.6 is 0 Å². The molecule has 1 fully saturated rings. The zero-order valence-corrected chi connectivity index (χ0v) is 9.92. The van der Waals surface area contributed by atoms with Gasteiger partial charge in [-0.25, -0.2) is 0 Å². The van der Waals surface area contributed by atoms with Gasteiger partial charge in [0, 0.05) is 13.1 Å². The van der Waals surface area contributed by atoms with Gasteiger partial charge >= 0.3 is 0 Å². The van der Waals surface area contributed by atoms with E-state index in [1.54, 1.807) is 0 Å². The van der Waals surface area contributed by atoms with Crippen LogP contribution in [0.5, 0.6) is 0 Å². The Morgan fingerprint density at radius 1 is 1.41 bits per heavy atom. The highest BCUT2D eigenvalue weighted by Gasteiger charge is 2.21. The maximum Gasteiger partial charge on any atom is 0.0839 e. The minimum absolute atomic E-state index is 0.0958. The van der Waals surface area contributed by atoms with Crippen molar-refractivity contribution in [2.24, 2.45) is 0 Å². The van der Waals surface area contributed by atoms with E-state index in [9.17, 15) is 10.4 Å². The van der Waals surface area contributed by atoms with E-state index in [2.05, 4.69) is 11.0 Å². The monoisotopic (exact) mass is 230 g/mol. The summed E-state index contributed by atoms with van der Waals surface area (Å²) in [5.41, 5.74) is 1.06. The van der Waals surface area contributed by atoms with Crippen LogP contribution in [0.1, 0.15) is 24.3 Å². The highest BCUT2D eigenvalue weighted by Crippen LogP contribution is 2.18. The molecule has 0 aliphatic carbocycles. The fourth-order valence-electron chi connectivity index (χ4n) is 2.36. The Hall–Kier alpha value is -1.37. The quantitative estimate of drug-likeness (QED) is 0.860. The number of hydrogen-bond acceptors (Lipinski definition) is 3. The van der Waals surface area contributed by atoms with Crippen molar-refractivity contribution in [2.45, 2.75) is 24.9 Å². The van der Waals surface area contributed by atoms with Gasteiger partial charge in [-0.2, -0.15) is 5.26 Å². The third kappa shape index (κ3) is 3.29. The first-order valence-electron chi connectivity index (χ1n) is 6.14. The number of likely N-dealkylation sites (tertiary alicyclic amines) is 1. The minimum Gasteiger partial charge on any atom is -0.392 e. The minimum atomic E-state index is -0.223. The Labute approximate surface area is 102 Å². The normalized spacial score (nSPS) is 22.9. The first kappa shape index (κ1) is 12.1. The molecule has 1 aromatic rings. The van der Waals surface area contributed by atoms with Crippen LogP contribution in [0, 0.1) is 11.3 Å². The van der Waals surface area contributed by atoms with Crippen molar-refractivity contribution in [2.75, 3.05) is 19.6 Å². The maximum absolute atomic E-state index is 9.61. The summed E-state index contributed by atoms with van der Waals surface area (Å²) in [7, 11) is 0. The zero-order valence-electron chi connectivity index (χ0n) is 9.92. The van der Waals surface area contributed by atoms with Crippen LogP contribution in [-0.4, -0.2) is 35.7 Å².